The van der Waals surface area contributed by atoms with Gasteiger partial charge in [0.25, 0.3) is 5.91 Å². The number of ether oxygens (including phenoxy) is 3. The topological polar surface area (TPSA) is 65.1 Å². The van der Waals surface area contributed by atoms with Gasteiger partial charge >= 0.3 is 0 Å². The fourth-order valence-electron chi connectivity index (χ4n) is 4.22. The number of hydrogen-bond acceptors (Lipinski definition) is 5. The highest BCUT2D eigenvalue weighted by Gasteiger charge is 2.43. The lowest BCUT2D eigenvalue weighted by Crippen LogP contribution is -2.52. The van der Waals surface area contributed by atoms with Crippen molar-refractivity contribution in [3.05, 3.63) is 52.5 Å². The third kappa shape index (κ3) is 3.31. The fourth-order valence-corrected chi connectivity index (χ4v) is 4.39. The molecule has 1 fully saturated rings. The van der Waals surface area contributed by atoms with E-state index in [0.717, 1.165) is 0 Å². The Hall–Kier alpha value is -2.73. The maximum atomic E-state index is 13.0. The zero-order chi connectivity index (χ0) is 20.0. The molecule has 3 aliphatic heterocycles. The summed E-state index contributed by atoms with van der Waals surface area (Å²) in [6.45, 7) is 2.06. The van der Waals surface area contributed by atoms with Gasteiger partial charge in [0.05, 0.1) is 12.0 Å². The lowest BCUT2D eigenvalue weighted by atomic mass is 9.82. The molecule has 29 heavy (non-hydrogen) atoms. The maximum absolute atomic E-state index is 13.0. The van der Waals surface area contributed by atoms with Crippen LogP contribution in [0.3, 0.4) is 0 Å². The molecule has 2 aromatic carbocycles. The normalized spacial score (nSPS) is 19.5. The number of rotatable bonds is 1. The van der Waals surface area contributed by atoms with Crippen molar-refractivity contribution in [3.63, 3.8) is 0 Å². The zero-order valence-corrected chi connectivity index (χ0v) is 16.5. The second-order valence-electron chi connectivity index (χ2n) is 7.68. The number of benzene rings is 2. The summed E-state index contributed by atoms with van der Waals surface area (Å²) < 4.78 is 17.3. The standard InChI is InChI=1S/C22H20ClNO5/c23-15-2-4-18-16(12-15)17(25)13-22(29-18)5-7-24(8-6-22)21(26)14-1-3-19-20(11-14)28-10-9-27-19/h1-4,11-12H,5-10,13H2. The van der Waals surface area contributed by atoms with Gasteiger partial charge in [0.1, 0.15) is 24.6 Å². The van der Waals surface area contributed by atoms with Crippen molar-refractivity contribution in [2.75, 3.05) is 26.3 Å². The number of piperidine rings is 1. The SMILES string of the molecule is O=C1CC2(CCN(C(=O)c3ccc4c(c3)OCCO4)CC2)Oc2ccc(Cl)cc21. The monoisotopic (exact) mass is 413 g/mol. The number of fused-ring (bicyclic) bond motifs is 2. The first kappa shape index (κ1) is 18.3. The van der Waals surface area contributed by atoms with Crippen molar-refractivity contribution >= 4 is 23.3 Å². The first-order valence-electron chi connectivity index (χ1n) is 9.74. The van der Waals surface area contributed by atoms with Crippen LogP contribution in [0, 0.1) is 0 Å². The predicted molar refractivity (Wildman–Crippen MR) is 106 cm³/mol. The fraction of sp³-hybridized carbons (Fsp3) is 0.364. The van der Waals surface area contributed by atoms with Crippen LogP contribution in [0.15, 0.2) is 36.4 Å². The van der Waals surface area contributed by atoms with Gasteiger partial charge in [-0.3, -0.25) is 9.59 Å². The third-order valence-electron chi connectivity index (χ3n) is 5.80. The van der Waals surface area contributed by atoms with Crippen LogP contribution in [0.1, 0.15) is 40.0 Å². The van der Waals surface area contributed by atoms with E-state index in [1.807, 2.05) is 4.90 Å². The Labute approximate surface area is 173 Å². The van der Waals surface area contributed by atoms with Crippen LogP contribution < -0.4 is 14.2 Å². The van der Waals surface area contributed by atoms with E-state index in [1.54, 1.807) is 36.4 Å². The second kappa shape index (κ2) is 6.95. The van der Waals surface area contributed by atoms with Crippen molar-refractivity contribution in [3.8, 4) is 17.2 Å². The largest absolute Gasteiger partial charge is 0.486 e. The maximum Gasteiger partial charge on any atom is 0.253 e. The smallest absolute Gasteiger partial charge is 0.253 e. The Morgan fingerprint density at radius 3 is 2.48 bits per heavy atom. The van der Waals surface area contributed by atoms with Gasteiger partial charge in [-0.05, 0) is 36.4 Å². The van der Waals surface area contributed by atoms with Crippen LogP contribution in [0.5, 0.6) is 17.2 Å². The summed E-state index contributed by atoms with van der Waals surface area (Å²) in [7, 11) is 0. The minimum absolute atomic E-state index is 0.0420. The Morgan fingerprint density at radius 2 is 1.69 bits per heavy atom. The zero-order valence-electron chi connectivity index (χ0n) is 15.8. The van der Waals surface area contributed by atoms with Gasteiger partial charge in [-0.15, -0.1) is 0 Å². The Balaban J connectivity index is 1.30. The molecule has 0 radical (unpaired) electrons. The van der Waals surface area contributed by atoms with E-state index in [0.29, 0.717) is 79.0 Å². The molecule has 0 saturated carbocycles. The van der Waals surface area contributed by atoms with Crippen LogP contribution in [-0.2, 0) is 0 Å². The lowest BCUT2D eigenvalue weighted by molar-refractivity contribution is -0.00572. The molecule has 0 aliphatic carbocycles. The first-order valence-corrected chi connectivity index (χ1v) is 10.1. The highest BCUT2D eigenvalue weighted by atomic mass is 35.5. The number of nitrogens with zero attached hydrogens (tertiary/aromatic N) is 1. The molecule has 3 heterocycles. The molecule has 0 N–H and O–H groups in total. The summed E-state index contributed by atoms with van der Waals surface area (Å²) in [5, 5.41) is 0.525. The van der Waals surface area contributed by atoms with Gasteiger partial charge in [-0.2, -0.15) is 0 Å². The molecule has 0 atom stereocenters. The minimum atomic E-state index is -0.554. The summed E-state index contributed by atoms with van der Waals surface area (Å²) in [6.07, 6.45) is 1.53. The second-order valence-corrected chi connectivity index (χ2v) is 8.11. The van der Waals surface area contributed by atoms with Crippen molar-refractivity contribution < 1.29 is 23.8 Å². The number of ketones is 1. The Bertz CT molecular complexity index is 997. The molecule has 6 nitrogen and oxygen atoms in total. The van der Waals surface area contributed by atoms with Gasteiger partial charge in [0.2, 0.25) is 0 Å². The summed E-state index contributed by atoms with van der Waals surface area (Å²) in [4.78, 5) is 27.4. The molecule has 3 aliphatic rings. The molecule has 1 spiro atoms. The number of halogens is 1. The molecule has 5 rings (SSSR count). The van der Waals surface area contributed by atoms with Crippen molar-refractivity contribution in [2.24, 2.45) is 0 Å². The Kier molecular flexibility index (Phi) is 4.39. The quantitative estimate of drug-likeness (QED) is 0.712. The van der Waals surface area contributed by atoms with Crippen molar-refractivity contribution in [1.29, 1.82) is 0 Å². The van der Waals surface area contributed by atoms with E-state index < -0.39 is 5.60 Å². The third-order valence-corrected chi connectivity index (χ3v) is 6.04. The number of amides is 1. The molecule has 0 bridgehead atoms. The van der Waals surface area contributed by atoms with E-state index in [4.69, 9.17) is 25.8 Å². The first-order chi connectivity index (χ1) is 14.0. The highest BCUT2D eigenvalue weighted by Crippen LogP contribution is 2.40. The molecular formula is C22H20ClNO5. The van der Waals surface area contributed by atoms with Gasteiger partial charge in [-0.25, -0.2) is 0 Å². The average molecular weight is 414 g/mol. The lowest BCUT2D eigenvalue weighted by Gasteiger charge is -2.44. The van der Waals surface area contributed by atoms with E-state index in [-0.39, 0.29) is 11.7 Å². The number of likely N-dealkylation sites (tertiary alicyclic amines) is 1. The molecule has 1 saturated heterocycles. The van der Waals surface area contributed by atoms with Gasteiger partial charge < -0.3 is 19.1 Å². The molecule has 1 amide bonds. The Morgan fingerprint density at radius 1 is 0.966 bits per heavy atom. The average Bonchev–Trinajstić information content (AvgIpc) is 2.74. The van der Waals surface area contributed by atoms with Crippen LogP contribution in [0.4, 0.5) is 0 Å². The number of hydrogen-bond donors (Lipinski definition) is 0. The van der Waals surface area contributed by atoms with Gasteiger partial charge in [0.15, 0.2) is 17.3 Å². The number of carbonyl (C=O) groups excluding carboxylic acids is 2. The van der Waals surface area contributed by atoms with E-state index >= 15 is 0 Å². The summed E-state index contributed by atoms with van der Waals surface area (Å²) in [6, 6.07) is 10.4. The summed E-state index contributed by atoms with van der Waals surface area (Å²) >= 11 is 6.01. The highest BCUT2D eigenvalue weighted by molar-refractivity contribution is 6.31. The summed E-state index contributed by atoms with van der Waals surface area (Å²) in [5.74, 6) is 1.84. The predicted octanol–water partition coefficient (Wildman–Crippen LogP) is 3.75. The van der Waals surface area contributed by atoms with Crippen molar-refractivity contribution in [1.82, 2.24) is 4.90 Å². The summed E-state index contributed by atoms with van der Waals surface area (Å²) in [5.41, 5.74) is 0.560. The van der Waals surface area contributed by atoms with Crippen LogP contribution in [-0.4, -0.2) is 48.5 Å². The number of carbonyl (C=O) groups is 2. The van der Waals surface area contributed by atoms with Crippen LogP contribution in [0.25, 0.3) is 0 Å². The van der Waals surface area contributed by atoms with E-state index in [2.05, 4.69) is 0 Å². The molecule has 0 unspecified atom stereocenters. The molecule has 2 aromatic rings. The number of Topliss-reactive ketones (excluding diaryl/α,β-unsaturated/α-hetero) is 1. The van der Waals surface area contributed by atoms with Crippen LogP contribution >= 0.6 is 11.6 Å². The molecule has 150 valence electrons. The van der Waals surface area contributed by atoms with Crippen LogP contribution in [0.2, 0.25) is 5.02 Å². The van der Waals surface area contributed by atoms with E-state index in [1.165, 1.54) is 0 Å². The van der Waals surface area contributed by atoms with Gasteiger partial charge in [0, 0.05) is 36.5 Å². The molecular weight excluding hydrogens is 394 g/mol. The van der Waals surface area contributed by atoms with Crippen molar-refractivity contribution in [2.45, 2.75) is 24.9 Å². The minimum Gasteiger partial charge on any atom is -0.486 e. The molecule has 7 heteroatoms. The van der Waals surface area contributed by atoms with E-state index in [9.17, 15) is 9.59 Å². The molecule has 0 aromatic heterocycles. The van der Waals surface area contributed by atoms with Gasteiger partial charge in [-0.1, -0.05) is 11.6 Å².